The van der Waals surface area contributed by atoms with Crippen LogP contribution in [-0.4, -0.2) is 17.7 Å². The summed E-state index contributed by atoms with van der Waals surface area (Å²) in [7, 11) is 0. The Balaban J connectivity index is 1.69. The van der Waals surface area contributed by atoms with Crippen LogP contribution in [0.15, 0.2) is 54.6 Å². The van der Waals surface area contributed by atoms with Gasteiger partial charge in [0, 0.05) is 13.0 Å². The van der Waals surface area contributed by atoms with Crippen molar-refractivity contribution in [1.82, 2.24) is 0 Å². The number of hydrogen-bond donors (Lipinski definition) is 1. The van der Waals surface area contributed by atoms with Crippen molar-refractivity contribution >= 4 is 27.5 Å². The van der Waals surface area contributed by atoms with Gasteiger partial charge >= 0.3 is 5.97 Å². The number of rotatable bonds is 8. The Hall–Kier alpha value is -2.39. The fraction of sp³-hybridized carbons (Fsp3) is 0.286. The predicted molar refractivity (Wildman–Crippen MR) is 97.2 cm³/mol. The normalized spacial score (nSPS) is 11.2. The van der Waals surface area contributed by atoms with E-state index in [0.717, 1.165) is 19.3 Å². The molecule has 0 saturated carbocycles. The van der Waals surface area contributed by atoms with Crippen LogP contribution in [0.25, 0.3) is 21.5 Å². The summed E-state index contributed by atoms with van der Waals surface area (Å²) in [6, 6.07) is 19.0. The molecule has 3 nitrogen and oxygen atoms in total. The Morgan fingerprint density at radius 3 is 2.12 bits per heavy atom. The molecule has 3 rings (SSSR count). The van der Waals surface area contributed by atoms with Crippen LogP contribution >= 0.6 is 0 Å². The smallest absolute Gasteiger partial charge is 0.303 e. The lowest BCUT2D eigenvalue weighted by atomic mass is 9.97. The van der Waals surface area contributed by atoms with Crippen molar-refractivity contribution in [3.05, 3.63) is 60.2 Å². The average Bonchev–Trinajstić information content (AvgIpc) is 2.59. The molecular weight excluding hydrogens is 300 g/mol. The van der Waals surface area contributed by atoms with Crippen molar-refractivity contribution in [3.8, 4) is 0 Å². The molecule has 3 aromatic rings. The van der Waals surface area contributed by atoms with Crippen LogP contribution in [0.5, 0.6) is 0 Å². The first kappa shape index (κ1) is 16.5. The summed E-state index contributed by atoms with van der Waals surface area (Å²) in [6.07, 6.45) is 2.75. The van der Waals surface area contributed by atoms with Crippen molar-refractivity contribution in [2.45, 2.75) is 32.3 Å². The maximum atomic E-state index is 10.5. The summed E-state index contributed by atoms with van der Waals surface area (Å²) >= 11 is 0. The van der Waals surface area contributed by atoms with Gasteiger partial charge in [0.1, 0.15) is 0 Å². The third-order valence-electron chi connectivity index (χ3n) is 4.31. The molecular formula is C21H22O3. The molecule has 0 aromatic heterocycles. The first-order valence-corrected chi connectivity index (χ1v) is 8.44. The number of carboxylic acid groups (broad SMARTS) is 1. The van der Waals surface area contributed by atoms with Gasteiger partial charge in [0.2, 0.25) is 0 Å². The van der Waals surface area contributed by atoms with Gasteiger partial charge < -0.3 is 9.84 Å². The number of ether oxygens (including phenoxy) is 1. The van der Waals surface area contributed by atoms with Crippen LogP contribution in [0.3, 0.4) is 0 Å². The molecule has 0 aliphatic heterocycles. The highest BCUT2D eigenvalue weighted by Gasteiger charge is 2.07. The van der Waals surface area contributed by atoms with E-state index in [1.807, 2.05) is 0 Å². The number of carbonyl (C=O) groups is 1. The van der Waals surface area contributed by atoms with E-state index in [-0.39, 0.29) is 6.42 Å². The Labute approximate surface area is 141 Å². The molecule has 3 aromatic carbocycles. The summed E-state index contributed by atoms with van der Waals surface area (Å²) in [5.74, 6) is -0.724. The van der Waals surface area contributed by atoms with Crippen LogP contribution in [-0.2, 0) is 16.1 Å². The van der Waals surface area contributed by atoms with Crippen LogP contribution in [0.1, 0.15) is 31.2 Å². The molecule has 0 unspecified atom stereocenters. The van der Waals surface area contributed by atoms with Crippen LogP contribution in [0, 0.1) is 0 Å². The molecule has 24 heavy (non-hydrogen) atoms. The van der Waals surface area contributed by atoms with Gasteiger partial charge in [-0.2, -0.15) is 0 Å². The lowest BCUT2D eigenvalue weighted by Crippen LogP contribution is -1.99. The van der Waals surface area contributed by atoms with Crippen molar-refractivity contribution in [2.75, 3.05) is 6.61 Å². The van der Waals surface area contributed by atoms with Gasteiger partial charge in [-0.1, -0.05) is 55.0 Å². The van der Waals surface area contributed by atoms with E-state index in [0.29, 0.717) is 13.2 Å². The quantitative estimate of drug-likeness (QED) is 0.460. The second-order valence-electron chi connectivity index (χ2n) is 6.05. The molecule has 3 heteroatoms. The first-order chi connectivity index (χ1) is 11.8. The second-order valence-corrected chi connectivity index (χ2v) is 6.05. The molecule has 0 radical (unpaired) electrons. The van der Waals surface area contributed by atoms with Crippen LogP contribution < -0.4 is 0 Å². The molecule has 0 heterocycles. The van der Waals surface area contributed by atoms with E-state index in [1.54, 1.807) is 0 Å². The summed E-state index contributed by atoms with van der Waals surface area (Å²) in [5, 5.41) is 13.6. The monoisotopic (exact) mass is 322 g/mol. The molecule has 0 bridgehead atoms. The lowest BCUT2D eigenvalue weighted by molar-refractivity contribution is -0.137. The summed E-state index contributed by atoms with van der Waals surface area (Å²) in [6.45, 7) is 1.25. The number of unbranched alkanes of at least 4 members (excludes halogenated alkanes) is 2. The molecule has 0 amide bonds. The molecule has 0 aliphatic rings. The SMILES string of the molecule is O=C(O)CCCCCOCc1c2ccccc2cc2ccccc12. The van der Waals surface area contributed by atoms with Gasteiger partial charge in [0.25, 0.3) is 0 Å². The zero-order chi connectivity index (χ0) is 16.8. The standard InChI is InChI=1S/C21H22O3/c22-21(23)12-2-1-7-13-24-15-20-18-10-5-3-8-16(18)14-17-9-4-6-11-19(17)20/h3-6,8-11,14H,1-2,7,12-13,15H2,(H,22,23). The highest BCUT2D eigenvalue weighted by molar-refractivity contribution is 6.02. The second kappa shape index (κ2) is 7.93. The molecule has 0 fully saturated rings. The van der Waals surface area contributed by atoms with Gasteiger partial charge in [-0.15, -0.1) is 0 Å². The molecule has 124 valence electrons. The number of hydrogen-bond acceptors (Lipinski definition) is 2. The molecule has 0 saturated heterocycles. The maximum absolute atomic E-state index is 10.5. The van der Waals surface area contributed by atoms with Crippen molar-refractivity contribution < 1.29 is 14.6 Å². The zero-order valence-electron chi connectivity index (χ0n) is 13.7. The van der Waals surface area contributed by atoms with Gasteiger partial charge in [0.05, 0.1) is 6.61 Å². The zero-order valence-corrected chi connectivity index (χ0v) is 13.7. The summed E-state index contributed by atoms with van der Waals surface area (Å²) in [4.78, 5) is 10.5. The molecule has 1 N–H and O–H groups in total. The van der Waals surface area contributed by atoms with Crippen LogP contribution in [0.4, 0.5) is 0 Å². The highest BCUT2D eigenvalue weighted by atomic mass is 16.5. The van der Waals surface area contributed by atoms with Crippen molar-refractivity contribution in [2.24, 2.45) is 0 Å². The third kappa shape index (κ3) is 3.92. The van der Waals surface area contributed by atoms with Crippen molar-refractivity contribution in [3.63, 3.8) is 0 Å². The maximum Gasteiger partial charge on any atom is 0.303 e. The van der Waals surface area contributed by atoms with E-state index < -0.39 is 5.97 Å². The van der Waals surface area contributed by atoms with E-state index in [2.05, 4.69) is 54.6 Å². The lowest BCUT2D eigenvalue weighted by Gasteiger charge is -2.12. The number of carboxylic acids is 1. The minimum Gasteiger partial charge on any atom is -0.481 e. The third-order valence-corrected chi connectivity index (χ3v) is 4.31. The van der Waals surface area contributed by atoms with Gasteiger partial charge in [0.15, 0.2) is 0 Å². The largest absolute Gasteiger partial charge is 0.481 e. The average molecular weight is 322 g/mol. The van der Waals surface area contributed by atoms with Gasteiger partial charge in [-0.05, 0) is 46.0 Å². The minimum absolute atomic E-state index is 0.244. The Morgan fingerprint density at radius 2 is 1.50 bits per heavy atom. The highest BCUT2D eigenvalue weighted by Crippen LogP contribution is 2.29. The number of fused-ring (bicyclic) bond motifs is 2. The minimum atomic E-state index is -0.724. The molecule has 0 atom stereocenters. The van der Waals surface area contributed by atoms with E-state index in [1.165, 1.54) is 27.1 Å². The molecule has 0 aliphatic carbocycles. The van der Waals surface area contributed by atoms with Crippen molar-refractivity contribution in [1.29, 1.82) is 0 Å². The number of aliphatic carboxylic acids is 1. The van der Waals surface area contributed by atoms with E-state index >= 15 is 0 Å². The number of benzene rings is 3. The van der Waals surface area contributed by atoms with E-state index in [9.17, 15) is 4.79 Å². The Morgan fingerprint density at radius 1 is 0.875 bits per heavy atom. The Kier molecular flexibility index (Phi) is 5.44. The fourth-order valence-corrected chi connectivity index (χ4v) is 3.09. The van der Waals surface area contributed by atoms with Gasteiger partial charge in [-0.25, -0.2) is 0 Å². The van der Waals surface area contributed by atoms with Crippen LogP contribution in [0.2, 0.25) is 0 Å². The summed E-state index contributed by atoms with van der Waals surface area (Å²) in [5.41, 5.74) is 1.23. The van der Waals surface area contributed by atoms with E-state index in [4.69, 9.17) is 9.84 Å². The topological polar surface area (TPSA) is 46.5 Å². The fourth-order valence-electron chi connectivity index (χ4n) is 3.09. The first-order valence-electron chi connectivity index (χ1n) is 8.44. The Bertz CT molecular complexity index is 785. The summed E-state index contributed by atoms with van der Waals surface area (Å²) < 4.78 is 5.90. The van der Waals surface area contributed by atoms with Gasteiger partial charge in [-0.3, -0.25) is 4.79 Å². The predicted octanol–water partition coefficient (Wildman–Crippen LogP) is 5.15. The molecule has 0 spiro atoms.